The largest absolute Gasteiger partial charge is 0.367 e. The monoisotopic (exact) mass is 426 g/mol. The van der Waals surface area contributed by atoms with Crippen molar-refractivity contribution < 1.29 is 14.0 Å². The molecule has 156 valence electrons. The minimum absolute atomic E-state index is 0.0977. The molecule has 0 saturated carbocycles. The van der Waals surface area contributed by atoms with E-state index in [0.717, 1.165) is 10.2 Å². The van der Waals surface area contributed by atoms with Gasteiger partial charge < -0.3 is 10.2 Å². The molecule has 6 nitrogen and oxygen atoms in total. The van der Waals surface area contributed by atoms with Crippen molar-refractivity contribution >= 4 is 44.1 Å². The topological polar surface area (TPSA) is 65.5 Å². The molecule has 1 aliphatic heterocycles. The van der Waals surface area contributed by atoms with Crippen LogP contribution in [0.3, 0.4) is 0 Å². The molecule has 1 N–H and O–H groups in total. The number of para-hydroxylation sites is 1. The van der Waals surface area contributed by atoms with Gasteiger partial charge in [-0.05, 0) is 44.2 Å². The van der Waals surface area contributed by atoms with Crippen LogP contribution >= 0.6 is 11.3 Å². The third kappa shape index (κ3) is 4.20. The van der Waals surface area contributed by atoms with Gasteiger partial charge in [0.2, 0.25) is 5.91 Å². The molecular weight excluding hydrogens is 403 g/mol. The summed E-state index contributed by atoms with van der Waals surface area (Å²) >= 11 is 1.46. The zero-order chi connectivity index (χ0) is 21.3. The molecule has 3 aromatic rings. The fourth-order valence-electron chi connectivity index (χ4n) is 3.63. The Morgan fingerprint density at radius 3 is 2.53 bits per heavy atom. The number of benzene rings is 2. The standard InChI is InChI=1S/C22H23FN4O2S/c1-14(21(29)25-22-24-18-5-3-4-6-20(18)30-22)26-9-11-27(12-10-26)19-8-7-16(15(2)28)13-17(19)23/h3-8,13-14H,9-12H2,1-2H3,(H,24,25,29). The fourth-order valence-corrected chi connectivity index (χ4v) is 4.50. The van der Waals surface area contributed by atoms with E-state index in [1.807, 2.05) is 36.1 Å². The van der Waals surface area contributed by atoms with Crippen molar-refractivity contribution in [2.24, 2.45) is 0 Å². The van der Waals surface area contributed by atoms with E-state index in [2.05, 4.69) is 15.2 Å². The van der Waals surface area contributed by atoms with Crippen LogP contribution in [0, 0.1) is 5.82 Å². The first kappa shape index (κ1) is 20.4. The van der Waals surface area contributed by atoms with Crippen molar-refractivity contribution in [3.8, 4) is 0 Å². The van der Waals surface area contributed by atoms with Gasteiger partial charge in [0.05, 0.1) is 21.9 Å². The Balaban J connectivity index is 1.36. The molecule has 2 aromatic carbocycles. The molecule has 4 rings (SSSR count). The van der Waals surface area contributed by atoms with Gasteiger partial charge in [0, 0.05) is 31.7 Å². The molecule has 1 amide bonds. The molecule has 1 fully saturated rings. The first-order valence-electron chi connectivity index (χ1n) is 9.88. The van der Waals surface area contributed by atoms with E-state index in [9.17, 15) is 14.0 Å². The van der Waals surface area contributed by atoms with Gasteiger partial charge in [0.1, 0.15) is 5.82 Å². The highest BCUT2D eigenvalue weighted by Crippen LogP contribution is 2.26. The second-order valence-corrected chi connectivity index (χ2v) is 8.43. The van der Waals surface area contributed by atoms with Gasteiger partial charge in [-0.2, -0.15) is 0 Å². The molecule has 1 aliphatic rings. The lowest BCUT2D eigenvalue weighted by molar-refractivity contribution is -0.120. The molecule has 0 radical (unpaired) electrons. The summed E-state index contributed by atoms with van der Waals surface area (Å²) in [6, 6.07) is 12.1. The van der Waals surface area contributed by atoms with Crippen LogP contribution in [-0.4, -0.2) is 53.8 Å². The number of hydrogen-bond donors (Lipinski definition) is 1. The highest BCUT2D eigenvalue weighted by Gasteiger charge is 2.27. The number of rotatable bonds is 5. The molecule has 1 aromatic heterocycles. The molecule has 1 saturated heterocycles. The number of anilines is 2. The van der Waals surface area contributed by atoms with Crippen molar-refractivity contribution in [2.75, 3.05) is 36.4 Å². The normalized spacial score (nSPS) is 15.9. The van der Waals surface area contributed by atoms with Crippen LogP contribution in [0.25, 0.3) is 10.2 Å². The first-order valence-corrected chi connectivity index (χ1v) is 10.7. The minimum Gasteiger partial charge on any atom is -0.367 e. The average Bonchev–Trinajstić information content (AvgIpc) is 3.15. The minimum atomic E-state index is -0.391. The van der Waals surface area contributed by atoms with Crippen LogP contribution < -0.4 is 10.2 Å². The second-order valence-electron chi connectivity index (χ2n) is 7.40. The van der Waals surface area contributed by atoms with Crippen molar-refractivity contribution in [1.82, 2.24) is 9.88 Å². The van der Waals surface area contributed by atoms with E-state index in [0.29, 0.717) is 42.6 Å². The Hall–Kier alpha value is -2.84. The average molecular weight is 427 g/mol. The number of piperazine rings is 1. The third-order valence-corrected chi connectivity index (χ3v) is 6.41. The number of fused-ring (bicyclic) bond motifs is 1. The summed E-state index contributed by atoms with van der Waals surface area (Å²) in [6.07, 6.45) is 0. The summed E-state index contributed by atoms with van der Waals surface area (Å²) in [5, 5.41) is 3.52. The Kier molecular flexibility index (Phi) is 5.78. The molecule has 1 unspecified atom stereocenters. The van der Waals surface area contributed by atoms with Crippen molar-refractivity contribution in [2.45, 2.75) is 19.9 Å². The Morgan fingerprint density at radius 2 is 1.87 bits per heavy atom. The van der Waals surface area contributed by atoms with Crippen LogP contribution in [0.15, 0.2) is 42.5 Å². The summed E-state index contributed by atoms with van der Waals surface area (Å²) in [5.74, 6) is -0.643. The van der Waals surface area contributed by atoms with Gasteiger partial charge in [-0.15, -0.1) is 0 Å². The van der Waals surface area contributed by atoms with Crippen molar-refractivity contribution in [3.63, 3.8) is 0 Å². The maximum Gasteiger partial charge on any atom is 0.243 e. The number of ketones is 1. The maximum atomic E-state index is 14.4. The maximum absolute atomic E-state index is 14.4. The number of carbonyl (C=O) groups excluding carboxylic acids is 2. The molecule has 0 aliphatic carbocycles. The molecule has 1 atom stereocenters. The van der Waals surface area contributed by atoms with Gasteiger partial charge >= 0.3 is 0 Å². The molecule has 0 bridgehead atoms. The lowest BCUT2D eigenvalue weighted by atomic mass is 10.1. The van der Waals surface area contributed by atoms with Gasteiger partial charge in [0.15, 0.2) is 10.9 Å². The van der Waals surface area contributed by atoms with E-state index in [1.165, 1.54) is 24.3 Å². The number of hydrogen-bond acceptors (Lipinski definition) is 6. The summed E-state index contributed by atoms with van der Waals surface area (Å²) in [5.41, 5.74) is 1.73. The number of thiazole rings is 1. The second kappa shape index (κ2) is 8.49. The van der Waals surface area contributed by atoms with E-state index >= 15 is 0 Å². The summed E-state index contributed by atoms with van der Waals surface area (Å²) in [7, 11) is 0. The number of Topliss-reactive ketones (excluding diaryl/α,β-unsaturated/α-hetero) is 1. The highest BCUT2D eigenvalue weighted by molar-refractivity contribution is 7.22. The fraction of sp³-hybridized carbons (Fsp3) is 0.318. The SMILES string of the molecule is CC(=O)c1ccc(N2CCN(C(C)C(=O)Nc3nc4ccccc4s3)CC2)c(F)c1. The predicted octanol–water partition coefficient (Wildman–Crippen LogP) is 3.79. The third-order valence-electron chi connectivity index (χ3n) is 5.46. The molecule has 2 heterocycles. The summed E-state index contributed by atoms with van der Waals surface area (Å²) < 4.78 is 15.5. The van der Waals surface area contributed by atoms with E-state index < -0.39 is 5.82 Å². The summed E-state index contributed by atoms with van der Waals surface area (Å²) in [6.45, 7) is 5.80. The quantitative estimate of drug-likeness (QED) is 0.629. The van der Waals surface area contributed by atoms with Crippen molar-refractivity contribution in [1.29, 1.82) is 0 Å². The number of carbonyl (C=O) groups is 2. The van der Waals surface area contributed by atoms with Crippen LogP contribution in [0.5, 0.6) is 0 Å². The number of nitrogens with zero attached hydrogens (tertiary/aromatic N) is 3. The number of aromatic nitrogens is 1. The smallest absolute Gasteiger partial charge is 0.243 e. The number of halogens is 1. The van der Waals surface area contributed by atoms with E-state index in [4.69, 9.17) is 0 Å². The lowest BCUT2D eigenvalue weighted by Gasteiger charge is -2.38. The van der Waals surface area contributed by atoms with Crippen molar-refractivity contribution in [3.05, 3.63) is 53.8 Å². The lowest BCUT2D eigenvalue weighted by Crippen LogP contribution is -2.53. The molecule has 0 spiro atoms. The van der Waals surface area contributed by atoms with Gasteiger partial charge in [-0.3, -0.25) is 14.5 Å². The predicted molar refractivity (Wildman–Crippen MR) is 118 cm³/mol. The Labute approximate surface area is 178 Å². The van der Waals surface area contributed by atoms with Gasteiger partial charge in [-0.1, -0.05) is 23.5 Å². The zero-order valence-electron chi connectivity index (χ0n) is 16.9. The van der Waals surface area contributed by atoms with Crippen LogP contribution in [-0.2, 0) is 4.79 Å². The van der Waals surface area contributed by atoms with E-state index in [1.54, 1.807) is 12.1 Å². The van der Waals surface area contributed by atoms with Crippen LogP contribution in [0.1, 0.15) is 24.2 Å². The number of nitrogens with one attached hydrogen (secondary N) is 1. The van der Waals surface area contributed by atoms with Crippen LogP contribution in [0.2, 0.25) is 0 Å². The van der Waals surface area contributed by atoms with Crippen LogP contribution in [0.4, 0.5) is 15.2 Å². The summed E-state index contributed by atoms with van der Waals surface area (Å²) in [4.78, 5) is 32.6. The highest BCUT2D eigenvalue weighted by atomic mass is 32.1. The Morgan fingerprint density at radius 1 is 1.13 bits per heavy atom. The van der Waals surface area contributed by atoms with E-state index in [-0.39, 0.29) is 17.7 Å². The van der Waals surface area contributed by atoms with Gasteiger partial charge in [-0.25, -0.2) is 9.37 Å². The zero-order valence-corrected chi connectivity index (χ0v) is 17.7. The molecule has 30 heavy (non-hydrogen) atoms. The Bertz CT molecular complexity index is 1060. The molecular formula is C22H23FN4O2S. The molecule has 8 heteroatoms. The number of amides is 1. The first-order chi connectivity index (χ1) is 14.4. The van der Waals surface area contributed by atoms with Gasteiger partial charge in [0.25, 0.3) is 0 Å².